The average molecular weight is 260 g/mol. The molecule has 1 rings (SSSR count). The molecule has 1 aromatic heterocycles. The Balaban J connectivity index is 3.04. The van der Waals surface area contributed by atoms with E-state index in [1.807, 2.05) is 0 Å². The van der Waals surface area contributed by atoms with Crippen molar-refractivity contribution in [2.24, 2.45) is 0 Å². The maximum atomic E-state index is 12.0. The predicted octanol–water partition coefficient (Wildman–Crippen LogP) is 2.66. The quantitative estimate of drug-likeness (QED) is 0.612. The van der Waals surface area contributed by atoms with Crippen LogP contribution in [0.3, 0.4) is 0 Å². The molecular weight excluding hydrogens is 247 g/mol. The van der Waals surface area contributed by atoms with Crippen LogP contribution in [0.25, 0.3) is 0 Å². The van der Waals surface area contributed by atoms with Crippen LogP contribution in [0, 0.1) is 13.8 Å². The van der Waals surface area contributed by atoms with E-state index in [4.69, 9.17) is 21.3 Å². The zero-order valence-corrected chi connectivity index (χ0v) is 11.3. The highest BCUT2D eigenvalue weighted by atomic mass is 32.1. The molecule has 16 heavy (non-hydrogen) atoms. The minimum absolute atomic E-state index is 0.170. The van der Waals surface area contributed by atoms with Crippen LogP contribution in [0.4, 0.5) is 0 Å². The highest BCUT2D eigenvalue weighted by Crippen LogP contribution is 2.48. The summed E-state index contributed by atoms with van der Waals surface area (Å²) < 4.78 is 22.2. The van der Waals surface area contributed by atoms with E-state index in [2.05, 4.69) is 9.97 Å². The molecule has 0 saturated carbocycles. The highest BCUT2D eigenvalue weighted by molar-refractivity contribution is 7.97. The van der Waals surface area contributed by atoms with E-state index in [0.717, 1.165) is 5.69 Å². The minimum atomic E-state index is -3.39. The number of rotatable bonds is 4. The molecule has 0 fully saturated rings. The molecule has 0 bridgehead atoms. The zero-order valence-electron chi connectivity index (χ0n) is 9.55. The zero-order chi connectivity index (χ0) is 12.3. The van der Waals surface area contributed by atoms with E-state index in [1.54, 1.807) is 19.9 Å². The van der Waals surface area contributed by atoms with E-state index in [1.165, 1.54) is 14.0 Å². The summed E-state index contributed by atoms with van der Waals surface area (Å²) in [5, 5.41) is 0. The van der Waals surface area contributed by atoms with Crippen LogP contribution in [-0.2, 0) is 9.09 Å². The van der Waals surface area contributed by atoms with Gasteiger partial charge < -0.3 is 4.52 Å². The third-order valence-electron chi connectivity index (χ3n) is 1.78. The van der Waals surface area contributed by atoms with Gasteiger partial charge in [0.25, 0.3) is 0 Å². The van der Waals surface area contributed by atoms with Crippen LogP contribution >= 0.6 is 19.8 Å². The predicted molar refractivity (Wildman–Crippen MR) is 65.0 cm³/mol. The molecule has 0 N–H and O–H groups in total. The molecule has 1 atom stereocenters. The maximum absolute atomic E-state index is 12.0. The Hall–Kier alpha value is -0.840. The van der Waals surface area contributed by atoms with Gasteiger partial charge in [-0.15, -0.1) is 0 Å². The largest absolute Gasteiger partial charge is 0.418 e. The Bertz CT molecular complexity index is 444. The Morgan fingerprint density at radius 3 is 2.50 bits per heavy atom. The Labute approximate surface area is 99.7 Å². The van der Waals surface area contributed by atoms with E-state index in [9.17, 15) is 4.57 Å². The smallest absolute Gasteiger partial charge is 0.402 e. The maximum Gasteiger partial charge on any atom is 0.418 e. The van der Waals surface area contributed by atoms with E-state index >= 15 is 0 Å². The lowest BCUT2D eigenvalue weighted by Gasteiger charge is -2.15. The van der Waals surface area contributed by atoms with Crippen LogP contribution in [0.2, 0.25) is 0 Å². The van der Waals surface area contributed by atoms with Crippen LogP contribution in [0.15, 0.2) is 6.07 Å². The topological polar surface area (TPSA) is 61.3 Å². The lowest BCUT2D eigenvalue weighted by molar-refractivity contribution is 0.333. The molecule has 1 heterocycles. The van der Waals surface area contributed by atoms with Gasteiger partial charge in [0.2, 0.25) is 5.88 Å². The van der Waals surface area contributed by atoms with Crippen LogP contribution in [-0.4, -0.2) is 21.7 Å². The molecule has 5 nitrogen and oxygen atoms in total. The molecule has 0 aliphatic heterocycles. The Morgan fingerprint density at radius 1 is 1.44 bits per heavy atom. The number of aromatic nitrogens is 2. The first-order valence-electron chi connectivity index (χ1n) is 4.56. The molecule has 0 amide bonds. The molecule has 0 aromatic carbocycles. The van der Waals surface area contributed by atoms with Gasteiger partial charge in [-0.2, -0.15) is 4.98 Å². The third-order valence-corrected chi connectivity index (χ3v) is 4.13. The lowest BCUT2D eigenvalue weighted by atomic mass is 10.4. The number of hydrogen-bond acceptors (Lipinski definition) is 6. The van der Waals surface area contributed by atoms with Gasteiger partial charge in [0.05, 0.1) is 0 Å². The third kappa shape index (κ3) is 3.07. The van der Waals surface area contributed by atoms with Gasteiger partial charge >= 0.3 is 7.60 Å². The van der Waals surface area contributed by atoms with E-state index < -0.39 is 7.60 Å². The van der Waals surface area contributed by atoms with E-state index in [-0.39, 0.29) is 10.5 Å². The number of thiocarbonyl (C=S) groups is 1. The highest BCUT2D eigenvalue weighted by Gasteiger charge is 2.28. The van der Waals surface area contributed by atoms with Gasteiger partial charge in [0.15, 0.2) is 0 Å². The summed E-state index contributed by atoms with van der Waals surface area (Å²) in [6, 6.07) is 1.58. The van der Waals surface area contributed by atoms with E-state index in [0.29, 0.717) is 5.82 Å². The molecule has 0 spiro atoms. The van der Waals surface area contributed by atoms with Gasteiger partial charge in [-0.25, -0.2) is 9.55 Å². The fourth-order valence-corrected chi connectivity index (χ4v) is 2.22. The summed E-state index contributed by atoms with van der Waals surface area (Å²) in [5.41, 5.74) is 0.729. The molecule has 0 aliphatic carbocycles. The average Bonchev–Trinajstić information content (AvgIpc) is 2.15. The van der Waals surface area contributed by atoms with Gasteiger partial charge in [0.1, 0.15) is 10.4 Å². The first kappa shape index (κ1) is 13.2. The SMILES string of the molecule is COP(=O)(Oc1cc(C)nc(C)n1)C(C)=S. The molecule has 0 aliphatic rings. The van der Waals surface area contributed by atoms with Crippen LogP contribution < -0.4 is 4.52 Å². The summed E-state index contributed by atoms with van der Waals surface area (Å²) in [4.78, 5) is 8.08. The Kier molecular flexibility index (Phi) is 4.13. The second-order valence-electron chi connectivity index (χ2n) is 3.19. The number of nitrogens with zero attached hydrogens (tertiary/aromatic N) is 2. The first-order valence-corrected chi connectivity index (χ1v) is 6.51. The molecule has 88 valence electrons. The second-order valence-corrected chi connectivity index (χ2v) is 6.31. The minimum Gasteiger partial charge on any atom is -0.402 e. The van der Waals surface area contributed by atoms with Crippen molar-refractivity contribution in [1.29, 1.82) is 0 Å². The van der Waals surface area contributed by atoms with Gasteiger partial charge in [-0.1, -0.05) is 12.2 Å². The van der Waals surface area contributed by atoms with Crippen LogP contribution in [0.1, 0.15) is 18.4 Å². The van der Waals surface area contributed by atoms with Crippen molar-refractivity contribution in [2.45, 2.75) is 20.8 Å². The van der Waals surface area contributed by atoms with Crippen molar-refractivity contribution >= 4 is 24.4 Å². The summed E-state index contributed by atoms with van der Waals surface area (Å²) >= 11 is 4.84. The molecule has 1 unspecified atom stereocenters. The standard InChI is InChI=1S/C9H13N2O3PS/c1-6-5-9(11-7(2)10-6)14-15(12,13-4)8(3)16/h5H,1-4H3. The molecule has 0 saturated heterocycles. The van der Waals surface area contributed by atoms with Gasteiger partial charge in [-0.05, 0) is 20.8 Å². The van der Waals surface area contributed by atoms with Crippen molar-refractivity contribution in [2.75, 3.05) is 7.11 Å². The van der Waals surface area contributed by atoms with Crippen molar-refractivity contribution in [3.05, 3.63) is 17.6 Å². The summed E-state index contributed by atoms with van der Waals surface area (Å²) in [5.74, 6) is 0.749. The molecule has 1 aromatic rings. The van der Waals surface area contributed by atoms with Crippen molar-refractivity contribution in [1.82, 2.24) is 9.97 Å². The van der Waals surface area contributed by atoms with Crippen LogP contribution in [0.5, 0.6) is 5.88 Å². The fraction of sp³-hybridized carbons (Fsp3) is 0.444. The molecule has 7 heteroatoms. The first-order chi connectivity index (χ1) is 7.37. The Morgan fingerprint density at radius 2 is 2.06 bits per heavy atom. The molecule has 0 radical (unpaired) electrons. The normalized spacial score (nSPS) is 14.2. The van der Waals surface area contributed by atoms with Crippen molar-refractivity contribution in [3.8, 4) is 5.88 Å². The van der Waals surface area contributed by atoms with Crippen molar-refractivity contribution < 1.29 is 13.6 Å². The monoisotopic (exact) mass is 260 g/mol. The fourth-order valence-electron chi connectivity index (χ4n) is 1.08. The summed E-state index contributed by atoms with van der Waals surface area (Å²) in [7, 11) is -2.10. The molecular formula is C9H13N2O3PS. The number of hydrogen-bond donors (Lipinski definition) is 0. The summed E-state index contributed by atoms with van der Waals surface area (Å²) in [6.45, 7) is 5.03. The van der Waals surface area contributed by atoms with Crippen molar-refractivity contribution in [3.63, 3.8) is 0 Å². The lowest BCUT2D eigenvalue weighted by Crippen LogP contribution is -2.04. The number of aryl methyl sites for hydroxylation is 2. The van der Waals surface area contributed by atoms with Gasteiger partial charge in [-0.3, -0.25) is 4.52 Å². The summed E-state index contributed by atoms with van der Waals surface area (Å²) in [6.07, 6.45) is 0. The second kappa shape index (κ2) is 4.99. The van der Waals surface area contributed by atoms with Gasteiger partial charge in [0, 0.05) is 18.9 Å².